The standard InChI is InChI=1S/C16H15FN2O2/c1-19(11-14-5-3-9-21-14)16(20)15-7-6-13(17)10-12(15)4-2-8-18/h3,5-7,9-10H,8,11,18H2,1H3. The summed E-state index contributed by atoms with van der Waals surface area (Å²) < 4.78 is 18.5. The fourth-order valence-electron chi connectivity index (χ4n) is 1.87. The molecule has 2 rings (SSSR count). The number of carbonyl (C=O) groups is 1. The molecule has 0 aliphatic carbocycles. The van der Waals surface area contributed by atoms with Crippen LogP contribution in [0.2, 0.25) is 0 Å². The molecular weight excluding hydrogens is 271 g/mol. The summed E-state index contributed by atoms with van der Waals surface area (Å²) >= 11 is 0. The van der Waals surface area contributed by atoms with E-state index in [1.165, 1.54) is 23.1 Å². The van der Waals surface area contributed by atoms with Gasteiger partial charge in [0, 0.05) is 12.6 Å². The van der Waals surface area contributed by atoms with Crippen LogP contribution in [0, 0.1) is 17.7 Å². The number of hydrogen-bond acceptors (Lipinski definition) is 3. The number of hydrogen-bond donors (Lipinski definition) is 1. The van der Waals surface area contributed by atoms with Crippen LogP contribution < -0.4 is 5.73 Å². The molecule has 0 radical (unpaired) electrons. The number of nitrogens with two attached hydrogens (primary N) is 1. The zero-order valence-electron chi connectivity index (χ0n) is 11.6. The van der Waals surface area contributed by atoms with Gasteiger partial charge in [-0.15, -0.1) is 0 Å². The minimum Gasteiger partial charge on any atom is -0.467 e. The number of benzene rings is 1. The molecule has 108 valence electrons. The molecule has 1 aromatic carbocycles. The molecule has 21 heavy (non-hydrogen) atoms. The van der Waals surface area contributed by atoms with E-state index < -0.39 is 5.82 Å². The van der Waals surface area contributed by atoms with E-state index in [4.69, 9.17) is 10.2 Å². The van der Waals surface area contributed by atoms with Crippen molar-refractivity contribution in [2.24, 2.45) is 5.73 Å². The summed E-state index contributed by atoms with van der Waals surface area (Å²) in [6.45, 7) is 0.472. The lowest BCUT2D eigenvalue weighted by Gasteiger charge is -2.16. The van der Waals surface area contributed by atoms with Crippen LogP contribution in [0.1, 0.15) is 21.7 Å². The van der Waals surface area contributed by atoms with Crippen molar-refractivity contribution in [2.75, 3.05) is 13.6 Å². The van der Waals surface area contributed by atoms with Gasteiger partial charge in [0.05, 0.1) is 24.9 Å². The summed E-state index contributed by atoms with van der Waals surface area (Å²) in [7, 11) is 1.65. The molecule has 0 bridgehead atoms. The first kappa shape index (κ1) is 14.8. The Morgan fingerprint density at radius 1 is 1.43 bits per heavy atom. The number of furan rings is 1. The smallest absolute Gasteiger partial charge is 0.255 e. The van der Waals surface area contributed by atoms with E-state index in [-0.39, 0.29) is 12.5 Å². The van der Waals surface area contributed by atoms with Crippen molar-refractivity contribution in [3.05, 3.63) is 59.3 Å². The maximum Gasteiger partial charge on any atom is 0.255 e. The first-order valence-electron chi connectivity index (χ1n) is 6.38. The minimum atomic E-state index is -0.443. The molecule has 0 saturated carbocycles. The highest BCUT2D eigenvalue weighted by atomic mass is 19.1. The van der Waals surface area contributed by atoms with Crippen molar-refractivity contribution in [3.63, 3.8) is 0 Å². The summed E-state index contributed by atoms with van der Waals surface area (Å²) in [5, 5.41) is 0. The maximum absolute atomic E-state index is 13.3. The zero-order valence-corrected chi connectivity index (χ0v) is 11.6. The number of nitrogens with zero attached hydrogens (tertiary/aromatic N) is 1. The molecule has 1 aromatic heterocycles. The number of amides is 1. The van der Waals surface area contributed by atoms with Gasteiger partial charge in [0.15, 0.2) is 0 Å². The summed E-state index contributed by atoms with van der Waals surface area (Å²) in [6, 6.07) is 7.43. The van der Waals surface area contributed by atoms with Crippen LogP contribution in [0.25, 0.3) is 0 Å². The Bertz CT molecular complexity index is 684. The van der Waals surface area contributed by atoms with Crippen molar-refractivity contribution in [3.8, 4) is 11.8 Å². The summed E-state index contributed by atoms with van der Waals surface area (Å²) in [6.07, 6.45) is 1.55. The van der Waals surface area contributed by atoms with E-state index in [0.29, 0.717) is 23.4 Å². The van der Waals surface area contributed by atoms with Gasteiger partial charge in [-0.2, -0.15) is 0 Å². The first-order chi connectivity index (χ1) is 10.1. The van der Waals surface area contributed by atoms with Gasteiger partial charge in [-0.25, -0.2) is 4.39 Å². The second kappa shape index (κ2) is 6.73. The average molecular weight is 286 g/mol. The second-order valence-electron chi connectivity index (χ2n) is 4.44. The van der Waals surface area contributed by atoms with E-state index in [9.17, 15) is 9.18 Å². The molecule has 0 fully saturated rings. The van der Waals surface area contributed by atoms with Gasteiger partial charge in [-0.05, 0) is 30.3 Å². The Morgan fingerprint density at radius 2 is 2.24 bits per heavy atom. The van der Waals surface area contributed by atoms with Crippen LogP contribution in [0.4, 0.5) is 4.39 Å². The third-order valence-electron chi connectivity index (χ3n) is 2.86. The zero-order chi connectivity index (χ0) is 15.2. The lowest BCUT2D eigenvalue weighted by Crippen LogP contribution is -2.26. The van der Waals surface area contributed by atoms with Crippen molar-refractivity contribution in [2.45, 2.75) is 6.54 Å². The molecule has 4 nitrogen and oxygen atoms in total. The summed E-state index contributed by atoms with van der Waals surface area (Å²) in [4.78, 5) is 13.9. The summed E-state index contributed by atoms with van der Waals surface area (Å²) in [5.74, 6) is 5.33. The lowest BCUT2D eigenvalue weighted by atomic mass is 10.1. The molecule has 0 atom stereocenters. The lowest BCUT2D eigenvalue weighted by molar-refractivity contribution is 0.0775. The van der Waals surface area contributed by atoms with Crippen molar-refractivity contribution in [1.82, 2.24) is 4.90 Å². The van der Waals surface area contributed by atoms with Crippen LogP contribution in [-0.4, -0.2) is 24.4 Å². The summed E-state index contributed by atoms with van der Waals surface area (Å²) in [5.41, 5.74) is 5.99. The molecule has 1 heterocycles. The first-order valence-corrected chi connectivity index (χ1v) is 6.38. The van der Waals surface area contributed by atoms with Gasteiger partial charge < -0.3 is 15.1 Å². The molecule has 0 unspecified atom stereocenters. The van der Waals surface area contributed by atoms with E-state index in [2.05, 4.69) is 11.8 Å². The topological polar surface area (TPSA) is 59.5 Å². The molecule has 0 aliphatic heterocycles. The largest absolute Gasteiger partial charge is 0.467 e. The molecular formula is C16H15FN2O2. The monoisotopic (exact) mass is 286 g/mol. The van der Waals surface area contributed by atoms with Crippen molar-refractivity contribution < 1.29 is 13.6 Å². The average Bonchev–Trinajstić information content (AvgIpc) is 2.97. The molecule has 2 N–H and O–H groups in total. The molecule has 5 heteroatoms. The Hall–Kier alpha value is -2.58. The minimum absolute atomic E-state index is 0.145. The van der Waals surface area contributed by atoms with Crippen LogP contribution in [-0.2, 0) is 6.54 Å². The predicted molar refractivity (Wildman–Crippen MR) is 76.8 cm³/mol. The highest BCUT2D eigenvalue weighted by Crippen LogP contribution is 2.14. The Kier molecular flexibility index (Phi) is 4.75. The van der Waals surface area contributed by atoms with E-state index >= 15 is 0 Å². The number of halogens is 1. The third kappa shape index (κ3) is 3.71. The van der Waals surface area contributed by atoms with Crippen LogP contribution in [0.15, 0.2) is 41.0 Å². The van der Waals surface area contributed by atoms with Gasteiger partial charge in [0.1, 0.15) is 11.6 Å². The van der Waals surface area contributed by atoms with Gasteiger partial charge in [-0.3, -0.25) is 4.79 Å². The Morgan fingerprint density at radius 3 is 2.90 bits per heavy atom. The third-order valence-corrected chi connectivity index (χ3v) is 2.86. The van der Waals surface area contributed by atoms with Gasteiger partial charge in [0.2, 0.25) is 0 Å². The van der Waals surface area contributed by atoms with Crippen molar-refractivity contribution in [1.29, 1.82) is 0 Å². The normalized spacial score (nSPS) is 9.86. The fraction of sp³-hybridized carbons (Fsp3) is 0.188. The molecule has 1 amide bonds. The Balaban J connectivity index is 2.25. The SMILES string of the molecule is CN(Cc1ccco1)C(=O)c1ccc(F)cc1C#CCN. The maximum atomic E-state index is 13.3. The molecule has 2 aromatic rings. The van der Waals surface area contributed by atoms with E-state index in [0.717, 1.165) is 0 Å². The number of rotatable bonds is 3. The van der Waals surface area contributed by atoms with Crippen LogP contribution in [0.5, 0.6) is 0 Å². The van der Waals surface area contributed by atoms with Gasteiger partial charge in [0.25, 0.3) is 5.91 Å². The second-order valence-corrected chi connectivity index (χ2v) is 4.44. The highest BCUT2D eigenvalue weighted by molar-refractivity contribution is 5.96. The van der Waals surface area contributed by atoms with E-state index in [1.54, 1.807) is 25.4 Å². The predicted octanol–water partition coefficient (Wildman–Crippen LogP) is 2.00. The molecule has 0 spiro atoms. The van der Waals surface area contributed by atoms with Crippen LogP contribution in [0.3, 0.4) is 0 Å². The van der Waals surface area contributed by atoms with Gasteiger partial charge in [-0.1, -0.05) is 11.8 Å². The van der Waals surface area contributed by atoms with Crippen molar-refractivity contribution >= 4 is 5.91 Å². The quantitative estimate of drug-likeness (QED) is 0.878. The van der Waals surface area contributed by atoms with Gasteiger partial charge >= 0.3 is 0 Å². The fourth-order valence-corrected chi connectivity index (χ4v) is 1.87. The van der Waals surface area contributed by atoms with E-state index in [1.807, 2.05) is 0 Å². The van der Waals surface area contributed by atoms with Crippen LogP contribution >= 0.6 is 0 Å². The highest BCUT2D eigenvalue weighted by Gasteiger charge is 2.16. The Labute approximate surface area is 122 Å². The number of carbonyl (C=O) groups excluding carboxylic acids is 1. The molecule has 0 aliphatic rings. The molecule has 0 saturated heterocycles.